The van der Waals surface area contributed by atoms with Crippen LogP contribution in [0.25, 0.3) is 17.0 Å². The minimum Gasteiger partial charge on any atom is -0.326 e. The number of hydrogen-bond donors (Lipinski definition) is 1. The Morgan fingerprint density at radius 3 is 2.67 bits per heavy atom. The normalized spacial score (nSPS) is 10.8. The average molecular weight is 280 g/mol. The molecule has 3 aromatic rings. The number of hydrogen-bond acceptors (Lipinski definition) is 3. The number of carbonyl (C=O) groups is 1. The Labute approximate surface area is 122 Å². The molecule has 0 aliphatic heterocycles. The van der Waals surface area contributed by atoms with Crippen LogP contribution in [0.5, 0.6) is 0 Å². The summed E-state index contributed by atoms with van der Waals surface area (Å²) in [7, 11) is 0. The Kier molecular flexibility index (Phi) is 3.39. The molecule has 5 heteroatoms. The summed E-state index contributed by atoms with van der Waals surface area (Å²) in [6.45, 7) is 3.77. The molecular weight excluding hydrogens is 264 g/mol. The highest BCUT2D eigenvalue weighted by atomic mass is 16.1. The minimum atomic E-state index is 0.00940. The van der Waals surface area contributed by atoms with Crippen molar-refractivity contribution in [3.05, 3.63) is 48.4 Å². The highest BCUT2D eigenvalue weighted by molar-refractivity contribution is 5.90. The Balaban J connectivity index is 1.90. The number of imidazole rings is 1. The molecular formula is C16H16N4O. The van der Waals surface area contributed by atoms with E-state index in [0.29, 0.717) is 12.2 Å². The first-order chi connectivity index (χ1) is 10.2. The number of rotatable bonds is 3. The maximum atomic E-state index is 11.4. The fourth-order valence-electron chi connectivity index (χ4n) is 2.07. The molecule has 0 saturated carbocycles. The molecule has 0 atom stereocenters. The van der Waals surface area contributed by atoms with Gasteiger partial charge in [0, 0.05) is 35.8 Å². The third-order valence-corrected chi connectivity index (χ3v) is 3.25. The van der Waals surface area contributed by atoms with E-state index in [2.05, 4.69) is 15.3 Å². The molecule has 21 heavy (non-hydrogen) atoms. The number of nitrogens with zero attached hydrogens (tertiary/aromatic N) is 3. The van der Waals surface area contributed by atoms with Gasteiger partial charge >= 0.3 is 0 Å². The smallest absolute Gasteiger partial charge is 0.234 e. The maximum absolute atomic E-state index is 11.4. The summed E-state index contributed by atoms with van der Waals surface area (Å²) in [6.07, 6.45) is 4.37. The van der Waals surface area contributed by atoms with Crippen molar-refractivity contribution in [3.63, 3.8) is 0 Å². The third kappa shape index (κ3) is 2.76. The summed E-state index contributed by atoms with van der Waals surface area (Å²) < 4.78 is 1.90. The molecule has 0 bridgehead atoms. The summed E-state index contributed by atoms with van der Waals surface area (Å²) in [6, 6.07) is 9.60. The van der Waals surface area contributed by atoms with E-state index >= 15 is 0 Å². The van der Waals surface area contributed by atoms with E-state index in [1.807, 2.05) is 61.0 Å². The molecule has 0 spiro atoms. The van der Waals surface area contributed by atoms with Crippen molar-refractivity contribution in [3.8, 4) is 11.3 Å². The monoisotopic (exact) mass is 280 g/mol. The predicted octanol–water partition coefficient (Wildman–Crippen LogP) is 3.05. The van der Waals surface area contributed by atoms with Crippen molar-refractivity contribution in [1.82, 2.24) is 14.4 Å². The highest BCUT2D eigenvalue weighted by Crippen LogP contribution is 2.21. The fraction of sp³-hybridized carbons (Fsp3) is 0.188. The van der Waals surface area contributed by atoms with E-state index < -0.39 is 0 Å². The number of aryl methyl sites for hydroxylation is 1. The van der Waals surface area contributed by atoms with Crippen LogP contribution in [0.4, 0.5) is 5.69 Å². The largest absolute Gasteiger partial charge is 0.326 e. The lowest BCUT2D eigenvalue weighted by molar-refractivity contribution is -0.115. The molecule has 2 aromatic heterocycles. The Hall–Kier alpha value is -2.69. The zero-order chi connectivity index (χ0) is 14.8. The van der Waals surface area contributed by atoms with E-state index in [9.17, 15) is 4.79 Å². The van der Waals surface area contributed by atoms with Crippen molar-refractivity contribution < 1.29 is 4.79 Å². The van der Waals surface area contributed by atoms with Gasteiger partial charge in [-0.25, -0.2) is 9.97 Å². The van der Waals surface area contributed by atoms with Gasteiger partial charge in [-0.2, -0.15) is 0 Å². The third-order valence-electron chi connectivity index (χ3n) is 3.25. The van der Waals surface area contributed by atoms with E-state index in [0.717, 1.165) is 22.6 Å². The van der Waals surface area contributed by atoms with Crippen LogP contribution in [0.15, 0.2) is 42.7 Å². The summed E-state index contributed by atoms with van der Waals surface area (Å²) in [5.41, 5.74) is 3.59. The van der Waals surface area contributed by atoms with Crippen LogP contribution in [0.1, 0.15) is 19.0 Å². The van der Waals surface area contributed by atoms with Crippen molar-refractivity contribution in [2.75, 3.05) is 5.32 Å². The molecule has 0 unspecified atom stereocenters. The van der Waals surface area contributed by atoms with Crippen LogP contribution in [0.2, 0.25) is 0 Å². The van der Waals surface area contributed by atoms with Gasteiger partial charge in [0.1, 0.15) is 0 Å². The van der Waals surface area contributed by atoms with E-state index in [-0.39, 0.29) is 5.91 Å². The van der Waals surface area contributed by atoms with Crippen LogP contribution in [-0.2, 0) is 4.79 Å². The first kappa shape index (κ1) is 13.3. The van der Waals surface area contributed by atoms with Gasteiger partial charge in [-0.1, -0.05) is 19.1 Å². The quantitative estimate of drug-likeness (QED) is 0.802. The van der Waals surface area contributed by atoms with Crippen LogP contribution in [0, 0.1) is 6.92 Å². The Morgan fingerprint density at radius 1 is 1.19 bits per heavy atom. The number of amides is 1. The Morgan fingerprint density at radius 2 is 1.95 bits per heavy atom. The van der Waals surface area contributed by atoms with Gasteiger partial charge in [0.05, 0.1) is 5.69 Å². The number of nitrogens with one attached hydrogen (secondary N) is 1. The lowest BCUT2D eigenvalue weighted by Crippen LogP contribution is -2.08. The van der Waals surface area contributed by atoms with Crippen molar-refractivity contribution in [2.45, 2.75) is 20.3 Å². The summed E-state index contributed by atoms with van der Waals surface area (Å²) in [5.74, 6) is 0.698. The van der Waals surface area contributed by atoms with E-state index in [1.54, 1.807) is 0 Å². The first-order valence-corrected chi connectivity index (χ1v) is 6.88. The molecule has 0 saturated heterocycles. The molecule has 0 fully saturated rings. The minimum absolute atomic E-state index is 0.00940. The number of carbonyl (C=O) groups excluding carboxylic acids is 1. The standard InChI is InChI=1S/C16H16N4O/c1-3-15(21)18-13-6-4-12(5-7-13)14-10-20-9-8-11(2)17-16(20)19-14/h4-10H,3H2,1-2H3,(H,18,21). The lowest BCUT2D eigenvalue weighted by Gasteiger charge is -2.03. The molecule has 106 valence electrons. The molecule has 0 aliphatic carbocycles. The second-order valence-electron chi connectivity index (χ2n) is 4.88. The van der Waals surface area contributed by atoms with E-state index in [4.69, 9.17) is 0 Å². The topological polar surface area (TPSA) is 59.3 Å². The van der Waals surface area contributed by atoms with Crippen molar-refractivity contribution in [1.29, 1.82) is 0 Å². The second kappa shape index (κ2) is 5.36. The zero-order valence-corrected chi connectivity index (χ0v) is 12.0. The first-order valence-electron chi connectivity index (χ1n) is 6.88. The summed E-state index contributed by atoms with van der Waals surface area (Å²) >= 11 is 0. The van der Waals surface area contributed by atoms with Crippen molar-refractivity contribution >= 4 is 17.4 Å². The fourth-order valence-corrected chi connectivity index (χ4v) is 2.07. The molecule has 0 radical (unpaired) electrons. The maximum Gasteiger partial charge on any atom is 0.234 e. The SMILES string of the molecule is CCC(=O)Nc1ccc(-c2cn3ccc(C)nc3n2)cc1. The molecule has 1 amide bonds. The van der Waals surface area contributed by atoms with Crippen LogP contribution in [0.3, 0.4) is 0 Å². The highest BCUT2D eigenvalue weighted by Gasteiger charge is 2.06. The number of benzene rings is 1. The van der Waals surface area contributed by atoms with Gasteiger partial charge in [0.15, 0.2) is 0 Å². The van der Waals surface area contributed by atoms with Gasteiger partial charge in [0.2, 0.25) is 11.7 Å². The van der Waals surface area contributed by atoms with Crippen molar-refractivity contribution in [2.24, 2.45) is 0 Å². The number of fused-ring (bicyclic) bond motifs is 1. The van der Waals surface area contributed by atoms with Gasteiger partial charge < -0.3 is 5.32 Å². The van der Waals surface area contributed by atoms with Crippen LogP contribution in [-0.4, -0.2) is 20.3 Å². The van der Waals surface area contributed by atoms with Crippen LogP contribution >= 0.6 is 0 Å². The lowest BCUT2D eigenvalue weighted by atomic mass is 10.1. The van der Waals surface area contributed by atoms with Crippen LogP contribution < -0.4 is 5.32 Å². The number of anilines is 1. The van der Waals surface area contributed by atoms with Gasteiger partial charge in [0.25, 0.3) is 0 Å². The average Bonchev–Trinajstić information content (AvgIpc) is 2.90. The molecule has 3 rings (SSSR count). The van der Waals surface area contributed by atoms with Gasteiger partial charge in [-0.15, -0.1) is 0 Å². The predicted molar refractivity (Wildman–Crippen MR) is 82.1 cm³/mol. The molecule has 0 aliphatic rings. The zero-order valence-electron chi connectivity index (χ0n) is 12.0. The summed E-state index contributed by atoms with van der Waals surface area (Å²) in [5, 5.41) is 2.83. The van der Waals surface area contributed by atoms with Gasteiger partial charge in [-0.3, -0.25) is 9.20 Å². The summed E-state index contributed by atoms with van der Waals surface area (Å²) in [4.78, 5) is 20.3. The Bertz CT molecular complexity index is 790. The molecule has 1 N–H and O–H groups in total. The molecule has 1 aromatic carbocycles. The van der Waals surface area contributed by atoms with E-state index in [1.165, 1.54) is 0 Å². The second-order valence-corrected chi connectivity index (χ2v) is 4.88. The van der Waals surface area contributed by atoms with Gasteiger partial charge in [-0.05, 0) is 25.1 Å². The number of aromatic nitrogens is 3. The molecule has 2 heterocycles. The molecule has 5 nitrogen and oxygen atoms in total.